The zero-order valence-corrected chi connectivity index (χ0v) is 8.74. The molecule has 0 aromatic heterocycles. The molecule has 1 aromatic carbocycles. The zero-order chi connectivity index (χ0) is 9.68. The van der Waals surface area contributed by atoms with Crippen molar-refractivity contribution in [3.8, 4) is 11.8 Å². The Labute approximate surface area is 83.7 Å². The number of thioether (sulfide) groups is 1. The molecule has 1 nitrogen and oxygen atoms in total. The van der Waals surface area contributed by atoms with Gasteiger partial charge in [0.1, 0.15) is 0 Å². The monoisotopic (exact) mass is 191 g/mol. The lowest BCUT2D eigenvalue weighted by molar-refractivity contribution is 1.31. The van der Waals surface area contributed by atoms with Crippen LogP contribution < -0.4 is 5.73 Å². The van der Waals surface area contributed by atoms with Crippen molar-refractivity contribution in [2.75, 3.05) is 11.5 Å². The van der Waals surface area contributed by atoms with Gasteiger partial charge in [0.05, 0.1) is 5.75 Å². The average molecular weight is 191 g/mol. The van der Waals surface area contributed by atoms with Gasteiger partial charge in [-0.2, -0.15) is 0 Å². The Morgan fingerprint density at radius 2 is 2.23 bits per heavy atom. The summed E-state index contributed by atoms with van der Waals surface area (Å²) >= 11 is 1.75. The molecule has 0 saturated carbocycles. The summed E-state index contributed by atoms with van der Waals surface area (Å²) in [6, 6.07) is 5.96. The number of rotatable bonds is 2. The van der Waals surface area contributed by atoms with Gasteiger partial charge in [0.25, 0.3) is 0 Å². The quantitative estimate of drug-likeness (QED) is 0.442. The van der Waals surface area contributed by atoms with E-state index in [4.69, 9.17) is 5.73 Å². The Morgan fingerprint density at radius 3 is 2.85 bits per heavy atom. The summed E-state index contributed by atoms with van der Waals surface area (Å²) in [6.07, 6.45) is 0. The average Bonchev–Trinajstić information content (AvgIpc) is 2.09. The molecule has 2 N–H and O–H groups in total. The molecule has 0 amide bonds. The second-order valence-electron chi connectivity index (χ2n) is 2.74. The molecule has 0 aliphatic carbocycles. The van der Waals surface area contributed by atoms with E-state index in [0.29, 0.717) is 0 Å². The van der Waals surface area contributed by atoms with Crippen molar-refractivity contribution >= 4 is 17.4 Å². The Balaban J connectivity index is 2.70. The molecule has 0 bridgehead atoms. The summed E-state index contributed by atoms with van der Waals surface area (Å²) < 4.78 is 0. The van der Waals surface area contributed by atoms with Gasteiger partial charge in [0.15, 0.2) is 0 Å². The van der Waals surface area contributed by atoms with Crippen molar-refractivity contribution in [1.29, 1.82) is 0 Å². The standard InChI is InChI=1S/C11H13NS/c1-3-4-7-13-11-6-5-10(12)8-9(11)2/h5-6,8H,7,12H2,1-2H3. The Bertz CT molecular complexity index is 347. The summed E-state index contributed by atoms with van der Waals surface area (Å²) in [6.45, 7) is 3.93. The number of hydrogen-bond donors (Lipinski definition) is 1. The first-order valence-corrected chi connectivity index (χ1v) is 5.11. The van der Waals surface area contributed by atoms with Gasteiger partial charge in [-0.1, -0.05) is 5.92 Å². The molecule has 0 spiro atoms. The predicted molar refractivity (Wildman–Crippen MR) is 59.8 cm³/mol. The van der Waals surface area contributed by atoms with Gasteiger partial charge < -0.3 is 5.73 Å². The molecule has 0 radical (unpaired) electrons. The Kier molecular flexibility index (Phi) is 3.72. The lowest BCUT2D eigenvalue weighted by Crippen LogP contribution is -1.87. The highest BCUT2D eigenvalue weighted by atomic mass is 32.2. The summed E-state index contributed by atoms with van der Waals surface area (Å²) in [4.78, 5) is 1.26. The van der Waals surface area contributed by atoms with Crippen molar-refractivity contribution in [3.63, 3.8) is 0 Å². The first kappa shape index (κ1) is 10.0. The molecule has 2 heteroatoms. The van der Waals surface area contributed by atoms with Crippen molar-refractivity contribution in [2.45, 2.75) is 18.7 Å². The van der Waals surface area contributed by atoms with Gasteiger partial charge in [-0.25, -0.2) is 0 Å². The fourth-order valence-electron chi connectivity index (χ4n) is 1.02. The summed E-state index contributed by atoms with van der Waals surface area (Å²) in [5.41, 5.74) is 7.69. The van der Waals surface area contributed by atoms with Crippen molar-refractivity contribution < 1.29 is 0 Å². The van der Waals surface area contributed by atoms with E-state index in [1.54, 1.807) is 11.8 Å². The second kappa shape index (κ2) is 4.84. The van der Waals surface area contributed by atoms with E-state index in [1.165, 1.54) is 10.5 Å². The first-order chi connectivity index (χ1) is 6.24. The van der Waals surface area contributed by atoms with Crippen LogP contribution >= 0.6 is 11.8 Å². The molecular formula is C11H13NS. The minimum absolute atomic E-state index is 0.823. The van der Waals surface area contributed by atoms with E-state index in [-0.39, 0.29) is 0 Å². The normalized spacial score (nSPS) is 9.08. The minimum Gasteiger partial charge on any atom is -0.399 e. The van der Waals surface area contributed by atoms with Crippen LogP contribution in [0.25, 0.3) is 0 Å². The number of hydrogen-bond acceptors (Lipinski definition) is 2. The van der Waals surface area contributed by atoms with Crippen LogP contribution in [0.3, 0.4) is 0 Å². The number of nitrogen functional groups attached to an aromatic ring is 1. The first-order valence-electron chi connectivity index (χ1n) is 4.12. The fraction of sp³-hybridized carbons (Fsp3) is 0.273. The van der Waals surface area contributed by atoms with Crippen LogP contribution in [0.15, 0.2) is 23.1 Å². The van der Waals surface area contributed by atoms with Crippen molar-refractivity contribution in [2.24, 2.45) is 0 Å². The highest BCUT2D eigenvalue weighted by Crippen LogP contribution is 2.23. The maximum absolute atomic E-state index is 5.65. The highest BCUT2D eigenvalue weighted by molar-refractivity contribution is 7.99. The Hall–Kier alpha value is -1.07. The number of benzene rings is 1. The molecule has 0 aliphatic heterocycles. The SMILES string of the molecule is CC#CCSc1ccc(N)cc1C. The molecular weight excluding hydrogens is 178 g/mol. The molecule has 0 aliphatic rings. The number of nitrogens with two attached hydrogens (primary N) is 1. The van der Waals surface area contributed by atoms with Crippen LogP contribution in [-0.2, 0) is 0 Å². The van der Waals surface area contributed by atoms with Crippen molar-refractivity contribution in [3.05, 3.63) is 23.8 Å². The molecule has 0 atom stereocenters. The maximum Gasteiger partial charge on any atom is 0.0594 e. The van der Waals surface area contributed by atoms with Crippen LogP contribution in [0.1, 0.15) is 12.5 Å². The van der Waals surface area contributed by atoms with Crippen molar-refractivity contribution in [1.82, 2.24) is 0 Å². The number of anilines is 1. The Morgan fingerprint density at radius 1 is 1.46 bits per heavy atom. The molecule has 0 fully saturated rings. The lowest BCUT2D eigenvalue weighted by atomic mass is 10.2. The summed E-state index contributed by atoms with van der Waals surface area (Å²) in [5.74, 6) is 6.74. The zero-order valence-electron chi connectivity index (χ0n) is 7.92. The molecule has 0 saturated heterocycles. The molecule has 13 heavy (non-hydrogen) atoms. The maximum atomic E-state index is 5.65. The molecule has 1 aromatic rings. The predicted octanol–water partition coefficient (Wildman–Crippen LogP) is 2.69. The van der Waals surface area contributed by atoms with Crippen LogP contribution in [0.2, 0.25) is 0 Å². The van der Waals surface area contributed by atoms with Crippen LogP contribution in [0, 0.1) is 18.8 Å². The van der Waals surface area contributed by atoms with E-state index in [1.807, 2.05) is 25.1 Å². The third-order valence-corrected chi connectivity index (χ3v) is 2.73. The third kappa shape index (κ3) is 3.04. The highest BCUT2D eigenvalue weighted by Gasteiger charge is 1.97. The van der Waals surface area contributed by atoms with Crippen LogP contribution in [0.5, 0.6) is 0 Å². The third-order valence-electron chi connectivity index (χ3n) is 1.68. The number of aryl methyl sites for hydroxylation is 1. The van der Waals surface area contributed by atoms with E-state index in [9.17, 15) is 0 Å². The minimum atomic E-state index is 0.823. The topological polar surface area (TPSA) is 26.0 Å². The summed E-state index contributed by atoms with van der Waals surface area (Å²) in [5, 5.41) is 0. The molecule has 0 heterocycles. The van der Waals surface area contributed by atoms with E-state index in [0.717, 1.165) is 11.4 Å². The van der Waals surface area contributed by atoms with Gasteiger partial charge in [-0.3, -0.25) is 0 Å². The van der Waals surface area contributed by atoms with Gasteiger partial charge in [-0.05, 0) is 37.6 Å². The van der Waals surface area contributed by atoms with Crippen LogP contribution in [-0.4, -0.2) is 5.75 Å². The smallest absolute Gasteiger partial charge is 0.0594 e. The van der Waals surface area contributed by atoms with E-state index in [2.05, 4.69) is 18.8 Å². The molecule has 0 unspecified atom stereocenters. The fourth-order valence-corrected chi connectivity index (χ4v) is 1.84. The molecule has 68 valence electrons. The lowest BCUT2D eigenvalue weighted by Gasteiger charge is -2.03. The van der Waals surface area contributed by atoms with E-state index >= 15 is 0 Å². The second-order valence-corrected chi connectivity index (χ2v) is 3.76. The van der Waals surface area contributed by atoms with Gasteiger partial charge in [-0.15, -0.1) is 17.7 Å². The molecule has 1 rings (SSSR count). The van der Waals surface area contributed by atoms with Gasteiger partial charge in [0, 0.05) is 10.6 Å². The largest absolute Gasteiger partial charge is 0.399 e. The van der Waals surface area contributed by atoms with Gasteiger partial charge >= 0.3 is 0 Å². The van der Waals surface area contributed by atoms with Crippen LogP contribution in [0.4, 0.5) is 5.69 Å². The van der Waals surface area contributed by atoms with E-state index < -0.39 is 0 Å². The summed E-state index contributed by atoms with van der Waals surface area (Å²) in [7, 11) is 0. The van der Waals surface area contributed by atoms with Gasteiger partial charge in [0.2, 0.25) is 0 Å².